The number of ether oxygens (including phenoxy) is 1. The molecule has 5 rings (SSSR count). The van der Waals surface area contributed by atoms with Crippen molar-refractivity contribution in [1.82, 2.24) is 5.01 Å². The van der Waals surface area contributed by atoms with E-state index < -0.39 is 35.3 Å². The van der Waals surface area contributed by atoms with Crippen molar-refractivity contribution in [3.8, 4) is 0 Å². The van der Waals surface area contributed by atoms with Crippen LogP contribution < -0.4 is 0 Å². The van der Waals surface area contributed by atoms with Gasteiger partial charge in [-0.05, 0) is 72.4 Å². The third-order valence-electron chi connectivity index (χ3n) is 6.80. The summed E-state index contributed by atoms with van der Waals surface area (Å²) in [4.78, 5) is 36.3. The molecule has 0 saturated heterocycles. The van der Waals surface area contributed by atoms with Crippen LogP contribution in [0.4, 0.5) is 14.5 Å². The monoisotopic (exact) mass is 531 g/mol. The van der Waals surface area contributed by atoms with Crippen LogP contribution in [-0.2, 0) is 9.53 Å². The molecule has 1 aliphatic carbocycles. The maximum Gasteiger partial charge on any atom is 0.338 e. The van der Waals surface area contributed by atoms with Crippen molar-refractivity contribution in [3.05, 3.63) is 117 Å². The van der Waals surface area contributed by atoms with Crippen molar-refractivity contribution in [2.75, 3.05) is 6.61 Å². The van der Waals surface area contributed by atoms with Crippen LogP contribution in [0.15, 0.2) is 83.5 Å². The van der Waals surface area contributed by atoms with E-state index in [-0.39, 0.29) is 23.0 Å². The van der Waals surface area contributed by atoms with Crippen molar-refractivity contribution < 1.29 is 28.0 Å². The second kappa shape index (κ2) is 10.9. The SMILES string of the molecule is O=C(OCC(=O)N1N=C2C(=Cc3ccc(F)cc3)CCCC2C1c1ccc(F)cc1)c1cccc([N+](=O)[O-])c1. The molecule has 0 N–H and O–H groups in total. The summed E-state index contributed by atoms with van der Waals surface area (Å²) < 4.78 is 32.3. The average Bonchev–Trinajstić information content (AvgIpc) is 3.34. The van der Waals surface area contributed by atoms with Gasteiger partial charge in [0, 0.05) is 18.1 Å². The first kappa shape index (κ1) is 25.9. The minimum absolute atomic E-state index is 0.0574. The molecule has 3 aromatic carbocycles. The lowest BCUT2D eigenvalue weighted by atomic mass is 9.77. The Bertz CT molecular complexity index is 1490. The Hall–Kier alpha value is -4.73. The molecule has 8 nitrogen and oxygen atoms in total. The molecule has 0 aromatic heterocycles. The highest BCUT2D eigenvalue weighted by molar-refractivity contribution is 6.08. The number of non-ortho nitro benzene ring substituents is 1. The van der Waals surface area contributed by atoms with E-state index in [1.807, 2.05) is 6.08 Å². The van der Waals surface area contributed by atoms with E-state index in [1.54, 1.807) is 24.3 Å². The summed E-state index contributed by atoms with van der Waals surface area (Å²) >= 11 is 0. The van der Waals surface area contributed by atoms with Gasteiger partial charge in [-0.2, -0.15) is 5.10 Å². The first-order valence-corrected chi connectivity index (χ1v) is 12.3. The maximum absolute atomic E-state index is 13.7. The molecule has 0 bridgehead atoms. The van der Waals surface area contributed by atoms with Gasteiger partial charge in [-0.1, -0.05) is 30.3 Å². The molecule has 39 heavy (non-hydrogen) atoms. The zero-order valence-electron chi connectivity index (χ0n) is 20.6. The van der Waals surface area contributed by atoms with Crippen LogP contribution in [0.1, 0.15) is 46.8 Å². The Kier molecular flexibility index (Phi) is 7.27. The van der Waals surface area contributed by atoms with E-state index in [0.29, 0.717) is 17.7 Å². The number of nitro benzene ring substituents is 1. The summed E-state index contributed by atoms with van der Waals surface area (Å²) in [6.45, 7) is -0.639. The number of hydrogen-bond acceptors (Lipinski definition) is 6. The Balaban J connectivity index is 1.42. The summed E-state index contributed by atoms with van der Waals surface area (Å²) in [5, 5.41) is 17.0. The van der Waals surface area contributed by atoms with Gasteiger partial charge in [-0.25, -0.2) is 18.6 Å². The highest BCUT2D eigenvalue weighted by Crippen LogP contribution is 2.44. The van der Waals surface area contributed by atoms with Gasteiger partial charge in [0.15, 0.2) is 6.61 Å². The number of fused-ring (bicyclic) bond motifs is 1. The van der Waals surface area contributed by atoms with Crippen LogP contribution in [0.2, 0.25) is 0 Å². The minimum Gasteiger partial charge on any atom is -0.452 e. The fourth-order valence-corrected chi connectivity index (χ4v) is 4.98. The molecule has 1 saturated carbocycles. The number of nitro groups is 1. The average molecular weight is 532 g/mol. The van der Waals surface area contributed by atoms with Crippen molar-refractivity contribution in [1.29, 1.82) is 0 Å². The van der Waals surface area contributed by atoms with Crippen molar-refractivity contribution >= 4 is 29.4 Å². The predicted molar refractivity (Wildman–Crippen MR) is 139 cm³/mol. The molecule has 198 valence electrons. The smallest absolute Gasteiger partial charge is 0.338 e. The minimum atomic E-state index is -0.883. The van der Waals surface area contributed by atoms with E-state index in [2.05, 4.69) is 5.10 Å². The van der Waals surface area contributed by atoms with E-state index in [4.69, 9.17) is 4.74 Å². The molecule has 1 fully saturated rings. The lowest BCUT2D eigenvalue weighted by molar-refractivity contribution is -0.384. The van der Waals surface area contributed by atoms with Crippen LogP contribution in [0.3, 0.4) is 0 Å². The Morgan fingerprint density at radius 2 is 1.74 bits per heavy atom. The van der Waals surface area contributed by atoms with Gasteiger partial charge >= 0.3 is 5.97 Å². The summed E-state index contributed by atoms with van der Waals surface area (Å²) in [7, 11) is 0. The number of hydrogen-bond donors (Lipinski definition) is 0. The first-order chi connectivity index (χ1) is 18.8. The molecule has 1 amide bonds. The van der Waals surface area contributed by atoms with Crippen LogP contribution in [-0.4, -0.2) is 34.1 Å². The predicted octanol–water partition coefficient (Wildman–Crippen LogP) is 5.85. The second-order valence-corrected chi connectivity index (χ2v) is 9.32. The molecule has 2 unspecified atom stereocenters. The first-order valence-electron chi connectivity index (χ1n) is 12.3. The molecule has 10 heteroatoms. The van der Waals surface area contributed by atoms with Gasteiger partial charge in [0.05, 0.1) is 22.2 Å². The van der Waals surface area contributed by atoms with Gasteiger partial charge in [0.2, 0.25) is 0 Å². The number of carbonyl (C=O) groups is 2. The number of esters is 1. The Labute approximate surface area is 222 Å². The van der Waals surface area contributed by atoms with Gasteiger partial charge in [-0.15, -0.1) is 0 Å². The highest BCUT2D eigenvalue weighted by Gasteiger charge is 2.43. The van der Waals surface area contributed by atoms with Crippen LogP contribution in [0.5, 0.6) is 0 Å². The van der Waals surface area contributed by atoms with E-state index in [0.717, 1.165) is 30.0 Å². The normalized spacial score (nSPS) is 19.4. The van der Waals surface area contributed by atoms with E-state index >= 15 is 0 Å². The molecule has 3 aromatic rings. The van der Waals surface area contributed by atoms with E-state index in [9.17, 15) is 28.5 Å². The van der Waals surface area contributed by atoms with Crippen LogP contribution in [0.25, 0.3) is 6.08 Å². The molecule has 0 spiro atoms. The Morgan fingerprint density at radius 1 is 1.05 bits per heavy atom. The van der Waals surface area contributed by atoms with Crippen molar-refractivity contribution in [3.63, 3.8) is 0 Å². The zero-order valence-corrected chi connectivity index (χ0v) is 20.6. The largest absolute Gasteiger partial charge is 0.452 e. The zero-order chi connectivity index (χ0) is 27.5. The fraction of sp³-hybridized carbons (Fsp3) is 0.207. The third-order valence-corrected chi connectivity index (χ3v) is 6.80. The summed E-state index contributed by atoms with van der Waals surface area (Å²) in [6.07, 6.45) is 4.20. The quantitative estimate of drug-likeness (QED) is 0.226. The topological polar surface area (TPSA) is 102 Å². The van der Waals surface area contributed by atoms with Gasteiger partial charge < -0.3 is 4.74 Å². The number of halogens is 2. The number of amides is 1. The number of rotatable bonds is 6. The number of allylic oxidation sites excluding steroid dienone is 1. The van der Waals surface area contributed by atoms with Gasteiger partial charge in [-0.3, -0.25) is 14.9 Å². The summed E-state index contributed by atoms with van der Waals surface area (Å²) in [5.41, 5.74) is 2.76. The molecule has 1 aliphatic heterocycles. The molecule has 1 heterocycles. The highest BCUT2D eigenvalue weighted by atomic mass is 19.1. The number of hydrazone groups is 1. The lowest BCUT2D eigenvalue weighted by Crippen LogP contribution is -2.34. The van der Waals surface area contributed by atoms with Gasteiger partial charge in [0.1, 0.15) is 11.6 Å². The number of benzene rings is 3. The number of carbonyl (C=O) groups excluding carboxylic acids is 2. The van der Waals surface area contributed by atoms with Crippen molar-refractivity contribution in [2.24, 2.45) is 11.0 Å². The van der Waals surface area contributed by atoms with Crippen molar-refractivity contribution in [2.45, 2.75) is 25.3 Å². The lowest BCUT2D eigenvalue weighted by Gasteiger charge is -2.29. The molecular weight excluding hydrogens is 508 g/mol. The fourth-order valence-electron chi connectivity index (χ4n) is 4.98. The molecule has 2 atom stereocenters. The van der Waals surface area contributed by atoms with Gasteiger partial charge in [0.25, 0.3) is 11.6 Å². The van der Waals surface area contributed by atoms with E-state index in [1.165, 1.54) is 47.5 Å². The third kappa shape index (κ3) is 5.59. The Morgan fingerprint density at radius 3 is 2.44 bits per heavy atom. The second-order valence-electron chi connectivity index (χ2n) is 9.32. The summed E-state index contributed by atoms with van der Waals surface area (Å²) in [5.74, 6) is -2.41. The number of nitrogens with zero attached hydrogens (tertiary/aromatic N) is 3. The maximum atomic E-state index is 13.7. The van der Waals surface area contributed by atoms with Crippen LogP contribution >= 0.6 is 0 Å². The standard InChI is InChI=1S/C29H23F2N3O5/c30-22-11-7-18(8-12-22)15-20-3-2-6-25-27(20)32-33(28(25)19-9-13-23(31)14-10-19)26(35)17-39-29(36)21-4-1-5-24(16-21)34(37)38/h1,4-5,7-16,25,28H,2-3,6,17H2. The molecular formula is C29H23F2N3O5. The summed E-state index contributed by atoms with van der Waals surface area (Å²) in [6, 6.07) is 16.4. The molecule has 0 radical (unpaired) electrons. The molecule has 2 aliphatic rings. The van der Waals surface area contributed by atoms with Crippen LogP contribution in [0, 0.1) is 27.7 Å².